The molecule has 1 aromatic rings. The summed E-state index contributed by atoms with van der Waals surface area (Å²) in [4.78, 5) is 3.32. The predicted molar refractivity (Wildman–Crippen MR) is 73.3 cm³/mol. The van der Waals surface area contributed by atoms with E-state index in [-0.39, 0.29) is 5.69 Å². The van der Waals surface area contributed by atoms with Crippen LogP contribution in [0.3, 0.4) is 0 Å². The Morgan fingerprint density at radius 1 is 1.25 bits per heavy atom. The molecule has 3 nitrogen and oxygen atoms in total. The first kappa shape index (κ1) is 14.9. The third kappa shape index (κ3) is 4.02. The van der Waals surface area contributed by atoms with Gasteiger partial charge in [-0.2, -0.15) is 13.2 Å². The molecule has 1 aromatic heterocycles. The Balaban J connectivity index is 1.91. The highest BCUT2D eigenvalue weighted by Gasteiger charge is 2.32. The Bertz CT molecular complexity index is 440. The smallest absolute Gasteiger partial charge is 0.396 e. The number of aromatic nitrogens is 1. The van der Waals surface area contributed by atoms with Crippen molar-refractivity contribution < 1.29 is 13.2 Å². The van der Waals surface area contributed by atoms with Crippen LogP contribution in [0.25, 0.3) is 0 Å². The van der Waals surface area contributed by atoms with E-state index in [0.717, 1.165) is 18.7 Å². The molecule has 1 heterocycles. The molecule has 1 aliphatic rings. The summed E-state index contributed by atoms with van der Waals surface area (Å²) in [5, 5.41) is 3.01. The van der Waals surface area contributed by atoms with Crippen molar-refractivity contribution in [1.29, 1.82) is 0 Å². The summed E-state index contributed by atoms with van der Waals surface area (Å²) in [7, 11) is 0. The highest BCUT2D eigenvalue weighted by Crippen LogP contribution is 2.31. The van der Waals surface area contributed by atoms with Gasteiger partial charge in [0.1, 0.15) is 5.69 Å². The number of hydrogen-bond donors (Lipinski definition) is 2. The molecule has 112 valence electrons. The van der Waals surface area contributed by atoms with Gasteiger partial charge in [0.15, 0.2) is 0 Å². The van der Waals surface area contributed by atoms with E-state index in [9.17, 15) is 13.2 Å². The number of alkyl halides is 3. The Hall–Kier alpha value is -1.46. The Morgan fingerprint density at radius 3 is 2.60 bits per heavy atom. The van der Waals surface area contributed by atoms with Crippen molar-refractivity contribution in [2.45, 2.75) is 44.7 Å². The normalized spacial score (nSPS) is 17.1. The summed E-state index contributed by atoms with van der Waals surface area (Å²) < 4.78 is 37.7. The molecule has 0 saturated heterocycles. The lowest BCUT2D eigenvalue weighted by molar-refractivity contribution is -0.141. The van der Waals surface area contributed by atoms with Crippen molar-refractivity contribution in [3.05, 3.63) is 18.0 Å². The van der Waals surface area contributed by atoms with Crippen LogP contribution in [-0.2, 0) is 6.18 Å². The second kappa shape index (κ2) is 6.33. The monoisotopic (exact) mass is 287 g/mol. The van der Waals surface area contributed by atoms with E-state index >= 15 is 0 Å². The lowest BCUT2D eigenvalue weighted by atomic mass is 9.87. The standard InChI is InChI=1S/C14H20F3N3/c15-14(16,17)13-8-12(11(18)9-20-13)19-7-6-10-4-2-1-3-5-10/h8-10H,1-7,18H2,(H,19,20). The summed E-state index contributed by atoms with van der Waals surface area (Å²) in [6.45, 7) is 0.649. The highest BCUT2D eigenvalue weighted by atomic mass is 19.4. The molecule has 0 amide bonds. The predicted octanol–water partition coefficient (Wildman–Crippen LogP) is 4.06. The molecular formula is C14H20F3N3. The number of anilines is 2. The molecular weight excluding hydrogens is 267 g/mol. The van der Waals surface area contributed by atoms with Crippen molar-refractivity contribution in [3.63, 3.8) is 0 Å². The third-order valence-corrected chi connectivity index (χ3v) is 3.82. The average molecular weight is 287 g/mol. The zero-order valence-corrected chi connectivity index (χ0v) is 11.3. The van der Waals surface area contributed by atoms with Gasteiger partial charge in [0.25, 0.3) is 0 Å². The number of nitrogens with two attached hydrogens (primary N) is 1. The fraction of sp³-hybridized carbons (Fsp3) is 0.643. The fourth-order valence-electron chi connectivity index (χ4n) is 2.66. The van der Waals surface area contributed by atoms with E-state index in [1.165, 1.54) is 32.1 Å². The van der Waals surface area contributed by atoms with E-state index in [1.54, 1.807) is 0 Å². The molecule has 1 aliphatic carbocycles. The molecule has 0 spiro atoms. The molecule has 0 radical (unpaired) electrons. The van der Waals surface area contributed by atoms with E-state index in [0.29, 0.717) is 18.2 Å². The van der Waals surface area contributed by atoms with Gasteiger partial charge < -0.3 is 11.1 Å². The first-order valence-electron chi connectivity index (χ1n) is 7.03. The summed E-state index contributed by atoms with van der Waals surface area (Å²) in [6, 6.07) is 0.982. The number of pyridine rings is 1. The average Bonchev–Trinajstić information content (AvgIpc) is 2.41. The molecule has 6 heteroatoms. The molecule has 2 rings (SSSR count). The van der Waals surface area contributed by atoms with E-state index < -0.39 is 11.9 Å². The van der Waals surface area contributed by atoms with Gasteiger partial charge in [-0.1, -0.05) is 32.1 Å². The fourth-order valence-corrected chi connectivity index (χ4v) is 2.66. The summed E-state index contributed by atoms with van der Waals surface area (Å²) in [6.07, 6.45) is 3.88. The SMILES string of the molecule is Nc1cnc(C(F)(F)F)cc1NCCC1CCCCC1. The van der Waals surface area contributed by atoms with Crippen molar-refractivity contribution in [1.82, 2.24) is 4.98 Å². The van der Waals surface area contributed by atoms with Gasteiger partial charge in [-0.25, -0.2) is 4.98 Å². The Morgan fingerprint density at radius 2 is 1.95 bits per heavy atom. The number of nitrogens with one attached hydrogen (secondary N) is 1. The summed E-state index contributed by atoms with van der Waals surface area (Å²) in [5.74, 6) is 0.682. The van der Waals surface area contributed by atoms with Crippen molar-refractivity contribution in [3.8, 4) is 0 Å². The van der Waals surface area contributed by atoms with Gasteiger partial charge in [-0.15, -0.1) is 0 Å². The van der Waals surface area contributed by atoms with Gasteiger partial charge in [0.05, 0.1) is 17.6 Å². The Labute approximate surface area is 116 Å². The molecule has 0 bridgehead atoms. The maximum Gasteiger partial charge on any atom is 0.433 e. The van der Waals surface area contributed by atoms with Crippen LogP contribution in [0, 0.1) is 5.92 Å². The second-order valence-electron chi connectivity index (χ2n) is 5.37. The van der Waals surface area contributed by atoms with Crippen LogP contribution in [-0.4, -0.2) is 11.5 Å². The first-order chi connectivity index (χ1) is 9.47. The van der Waals surface area contributed by atoms with Crippen LogP contribution in [0.1, 0.15) is 44.2 Å². The van der Waals surface area contributed by atoms with Gasteiger partial charge in [-0.3, -0.25) is 0 Å². The molecule has 0 atom stereocenters. The van der Waals surface area contributed by atoms with Gasteiger partial charge in [0, 0.05) is 6.54 Å². The summed E-state index contributed by atoms with van der Waals surface area (Å²) in [5.41, 5.74) is 5.32. The lowest BCUT2D eigenvalue weighted by Gasteiger charge is -2.22. The number of nitrogens with zero attached hydrogens (tertiary/aromatic N) is 1. The molecule has 0 aliphatic heterocycles. The first-order valence-corrected chi connectivity index (χ1v) is 7.03. The van der Waals surface area contributed by atoms with Crippen LogP contribution >= 0.6 is 0 Å². The maximum atomic E-state index is 12.6. The minimum Gasteiger partial charge on any atom is -0.396 e. The molecule has 0 unspecified atom stereocenters. The van der Waals surface area contributed by atoms with Gasteiger partial charge in [0.2, 0.25) is 0 Å². The van der Waals surface area contributed by atoms with Crippen molar-refractivity contribution in [2.75, 3.05) is 17.6 Å². The quantitative estimate of drug-likeness (QED) is 0.877. The lowest BCUT2D eigenvalue weighted by Crippen LogP contribution is -2.14. The number of nitrogen functional groups attached to an aromatic ring is 1. The largest absolute Gasteiger partial charge is 0.433 e. The minimum atomic E-state index is -4.44. The summed E-state index contributed by atoms with van der Waals surface area (Å²) >= 11 is 0. The third-order valence-electron chi connectivity index (χ3n) is 3.82. The number of rotatable bonds is 4. The second-order valence-corrected chi connectivity index (χ2v) is 5.37. The molecule has 0 aromatic carbocycles. The van der Waals surface area contributed by atoms with Crippen LogP contribution in [0.2, 0.25) is 0 Å². The van der Waals surface area contributed by atoms with Crippen molar-refractivity contribution in [2.24, 2.45) is 5.92 Å². The Kier molecular flexibility index (Phi) is 4.73. The van der Waals surface area contributed by atoms with E-state index in [2.05, 4.69) is 10.3 Å². The van der Waals surface area contributed by atoms with Gasteiger partial charge in [-0.05, 0) is 18.4 Å². The maximum absolute atomic E-state index is 12.6. The van der Waals surface area contributed by atoms with E-state index in [1.807, 2.05) is 0 Å². The zero-order chi connectivity index (χ0) is 14.6. The number of hydrogen-bond acceptors (Lipinski definition) is 3. The van der Waals surface area contributed by atoms with Crippen LogP contribution in [0.15, 0.2) is 12.3 Å². The number of halogens is 3. The topological polar surface area (TPSA) is 50.9 Å². The molecule has 3 N–H and O–H groups in total. The molecule has 20 heavy (non-hydrogen) atoms. The van der Waals surface area contributed by atoms with E-state index in [4.69, 9.17) is 5.73 Å². The minimum absolute atomic E-state index is 0.252. The highest BCUT2D eigenvalue weighted by molar-refractivity contribution is 5.65. The van der Waals surface area contributed by atoms with Crippen LogP contribution in [0.4, 0.5) is 24.5 Å². The van der Waals surface area contributed by atoms with Gasteiger partial charge >= 0.3 is 6.18 Å². The van der Waals surface area contributed by atoms with Crippen LogP contribution in [0.5, 0.6) is 0 Å². The molecule has 1 saturated carbocycles. The molecule has 1 fully saturated rings. The van der Waals surface area contributed by atoms with Crippen LogP contribution < -0.4 is 11.1 Å². The zero-order valence-electron chi connectivity index (χ0n) is 11.3. The van der Waals surface area contributed by atoms with Crippen molar-refractivity contribution >= 4 is 11.4 Å².